The highest BCUT2D eigenvalue weighted by Crippen LogP contribution is 2.32. The Kier molecular flexibility index (Phi) is 5.53. The van der Waals surface area contributed by atoms with Crippen molar-refractivity contribution in [1.29, 1.82) is 0 Å². The van der Waals surface area contributed by atoms with Gasteiger partial charge in [0.05, 0.1) is 0 Å². The summed E-state index contributed by atoms with van der Waals surface area (Å²) in [4.78, 5) is 0. The second-order valence-electron chi connectivity index (χ2n) is 4.71. The van der Waals surface area contributed by atoms with Crippen LogP contribution >= 0.6 is 0 Å². The second-order valence-corrected chi connectivity index (χ2v) is 4.71. The van der Waals surface area contributed by atoms with Crippen LogP contribution < -0.4 is 18.9 Å². The summed E-state index contributed by atoms with van der Waals surface area (Å²) in [7, 11) is 0. The lowest BCUT2D eigenvalue weighted by atomic mass is 10.2. The van der Waals surface area contributed by atoms with Crippen molar-refractivity contribution in [3.63, 3.8) is 0 Å². The van der Waals surface area contributed by atoms with Crippen LogP contribution in [0.5, 0.6) is 23.0 Å². The number of rotatable bonds is 0. The second kappa shape index (κ2) is 7.59. The molecule has 2 aliphatic rings. The maximum Gasteiger partial charge on any atom is 0.231 e. The molecule has 2 aliphatic heterocycles. The minimum absolute atomic E-state index is 0.360. The minimum Gasteiger partial charge on any atom is -0.454 e. The quantitative estimate of drug-likeness (QED) is 0.719. The molecule has 2 aromatic rings. The summed E-state index contributed by atoms with van der Waals surface area (Å²) >= 11 is 0. The van der Waals surface area contributed by atoms with Crippen molar-refractivity contribution in [3.05, 3.63) is 47.5 Å². The number of fused-ring (bicyclic) bond motifs is 2. The summed E-state index contributed by atoms with van der Waals surface area (Å²) in [5.74, 6) is 3.43. The molecule has 22 heavy (non-hydrogen) atoms. The molecule has 2 heterocycles. The Morgan fingerprint density at radius 3 is 1.36 bits per heavy atom. The van der Waals surface area contributed by atoms with Gasteiger partial charge in [0.25, 0.3) is 0 Å². The van der Waals surface area contributed by atoms with Gasteiger partial charge in [0.1, 0.15) is 0 Å². The van der Waals surface area contributed by atoms with E-state index in [0.717, 1.165) is 23.0 Å². The van der Waals surface area contributed by atoms with Gasteiger partial charge in [-0.05, 0) is 49.2 Å². The average Bonchev–Trinajstić information content (AvgIpc) is 3.17. The normalized spacial score (nSPS) is 12.7. The Balaban J connectivity index is 0.000000144. The van der Waals surface area contributed by atoms with Gasteiger partial charge in [0.2, 0.25) is 13.6 Å². The fourth-order valence-corrected chi connectivity index (χ4v) is 2.01. The molecule has 0 saturated carbocycles. The first kappa shape index (κ1) is 16.0. The Morgan fingerprint density at radius 2 is 0.955 bits per heavy atom. The molecule has 4 rings (SSSR count). The number of aryl methyl sites for hydroxylation is 2. The maximum atomic E-state index is 5.16. The van der Waals surface area contributed by atoms with Crippen LogP contribution in [-0.2, 0) is 0 Å². The SMILES string of the molecule is CC.Cc1ccc2c(c1)OCO2.Cc1ccc2c(c1)OCO2. The molecule has 0 aliphatic carbocycles. The molecule has 0 unspecified atom stereocenters. The molecule has 0 saturated heterocycles. The van der Waals surface area contributed by atoms with Gasteiger partial charge in [-0.25, -0.2) is 0 Å². The lowest BCUT2D eigenvalue weighted by Gasteiger charge is -1.94. The van der Waals surface area contributed by atoms with E-state index in [1.165, 1.54) is 11.1 Å². The van der Waals surface area contributed by atoms with Crippen LogP contribution in [0.25, 0.3) is 0 Å². The van der Waals surface area contributed by atoms with Crippen molar-refractivity contribution in [1.82, 2.24) is 0 Å². The third kappa shape index (κ3) is 3.85. The molecule has 0 fully saturated rings. The summed E-state index contributed by atoms with van der Waals surface area (Å²) in [5, 5.41) is 0. The molecule has 2 aromatic carbocycles. The lowest BCUT2D eigenvalue weighted by Crippen LogP contribution is -1.92. The first-order valence-corrected chi connectivity index (χ1v) is 7.45. The lowest BCUT2D eigenvalue weighted by molar-refractivity contribution is 0.173. The van der Waals surface area contributed by atoms with Gasteiger partial charge in [-0.1, -0.05) is 26.0 Å². The minimum atomic E-state index is 0.360. The van der Waals surface area contributed by atoms with Crippen molar-refractivity contribution in [2.45, 2.75) is 27.7 Å². The summed E-state index contributed by atoms with van der Waals surface area (Å²) in [5.41, 5.74) is 2.40. The molecule has 0 bridgehead atoms. The number of hydrogen-bond acceptors (Lipinski definition) is 4. The first-order chi connectivity index (χ1) is 10.7. The van der Waals surface area contributed by atoms with Gasteiger partial charge < -0.3 is 18.9 Å². The number of hydrogen-bond donors (Lipinski definition) is 0. The standard InChI is InChI=1S/2C8H8O2.C2H6/c2*1-6-2-3-7-8(4-6)10-5-9-7;1-2/h2*2-4H,5H2,1H3;1-2H3. The molecule has 4 nitrogen and oxygen atoms in total. The van der Waals surface area contributed by atoms with Crippen molar-refractivity contribution in [2.24, 2.45) is 0 Å². The van der Waals surface area contributed by atoms with Crippen LogP contribution in [0.15, 0.2) is 36.4 Å². The fourth-order valence-electron chi connectivity index (χ4n) is 2.01. The molecular formula is C18H22O4. The predicted molar refractivity (Wildman–Crippen MR) is 86.0 cm³/mol. The van der Waals surface area contributed by atoms with Gasteiger partial charge in [-0.2, -0.15) is 0 Å². The van der Waals surface area contributed by atoms with E-state index in [0.29, 0.717) is 13.6 Å². The van der Waals surface area contributed by atoms with Crippen molar-refractivity contribution >= 4 is 0 Å². The van der Waals surface area contributed by atoms with E-state index in [1.54, 1.807) is 0 Å². The van der Waals surface area contributed by atoms with E-state index < -0.39 is 0 Å². The van der Waals surface area contributed by atoms with Crippen LogP contribution in [0.1, 0.15) is 25.0 Å². The largest absolute Gasteiger partial charge is 0.454 e. The summed E-state index contributed by atoms with van der Waals surface area (Å²) in [6.07, 6.45) is 0. The van der Waals surface area contributed by atoms with Crippen LogP contribution in [0.4, 0.5) is 0 Å². The van der Waals surface area contributed by atoms with E-state index in [-0.39, 0.29) is 0 Å². The monoisotopic (exact) mass is 302 g/mol. The molecule has 4 heteroatoms. The summed E-state index contributed by atoms with van der Waals surface area (Å²) in [6.45, 7) is 8.78. The molecular weight excluding hydrogens is 280 g/mol. The topological polar surface area (TPSA) is 36.9 Å². The number of ether oxygens (including phenoxy) is 4. The zero-order valence-electron chi connectivity index (χ0n) is 13.5. The van der Waals surface area contributed by atoms with Crippen LogP contribution in [0.3, 0.4) is 0 Å². The van der Waals surface area contributed by atoms with Gasteiger partial charge in [-0.15, -0.1) is 0 Å². The molecule has 118 valence electrons. The van der Waals surface area contributed by atoms with Crippen LogP contribution in [0.2, 0.25) is 0 Å². The zero-order chi connectivity index (χ0) is 15.9. The average molecular weight is 302 g/mol. The van der Waals surface area contributed by atoms with Crippen molar-refractivity contribution in [2.75, 3.05) is 13.6 Å². The molecule has 0 radical (unpaired) electrons. The van der Waals surface area contributed by atoms with Gasteiger partial charge in [-0.3, -0.25) is 0 Å². The van der Waals surface area contributed by atoms with Gasteiger partial charge >= 0.3 is 0 Å². The Hall–Kier alpha value is -2.36. The van der Waals surface area contributed by atoms with Gasteiger partial charge in [0.15, 0.2) is 23.0 Å². The third-order valence-electron chi connectivity index (χ3n) is 3.06. The van der Waals surface area contributed by atoms with E-state index in [4.69, 9.17) is 18.9 Å². The van der Waals surface area contributed by atoms with E-state index >= 15 is 0 Å². The highest BCUT2D eigenvalue weighted by molar-refractivity contribution is 5.44. The predicted octanol–water partition coefficient (Wildman–Crippen LogP) is 4.47. The van der Waals surface area contributed by atoms with Crippen LogP contribution in [0, 0.1) is 13.8 Å². The highest BCUT2D eigenvalue weighted by Gasteiger charge is 2.11. The van der Waals surface area contributed by atoms with Gasteiger partial charge in [0, 0.05) is 0 Å². The fraction of sp³-hybridized carbons (Fsp3) is 0.333. The summed E-state index contributed by atoms with van der Waals surface area (Å²) < 4.78 is 20.6. The van der Waals surface area contributed by atoms with Crippen LogP contribution in [-0.4, -0.2) is 13.6 Å². The first-order valence-electron chi connectivity index (χ1n) is 7.45. The molecule has 0 spiro atoms. The van der Waals surface area contributed by atoms with E-state index in [9.17, 15) is 0 Å². The molecule has 0 N–H and O–H groups in total. The van der Waals surface area contributed by atoms with E-state index in [1.807, 2.05) is 64.1 Å². The highest BCUT2D eigenvalue weighted by atomic mass is 16.7. The molecule has 0 atom stereocenters. The van der Waals surface area contributed by atoms with E-state index in [2.05, 4.69) is 0 Å². The smallest absolute Gasteiger partial charge is 0.231 e. The third-order valence-corrected chi connectivity index (χ3v) is 3.06. The zero-order valence-corrected chi connectivity index (χ0v) is 13.5. The number of benzene rings is 2. The molecule has 0 amide bonds. The molecule has 0 aromatic heterocycles. The Morgan fingerprint density at radius 1 is 0.591 bits per heavy atom. The van der Waals surface area contributed by atoms with Crippen molar-refractivity contribution in [3.8, 4) is 23.0 Å². The summed E-state index contributed by atoms with van der Waals surface area (Å²) in [6, 6.07) is 11.8. The Bertz CT molecular complexity index is 567. The Labute approximate surface area is 131 Å². The maximum absolute atomic E-state index is 5.16. The van der Waals surface area contributed by atoms with Crippen molar-refractivity contribution < 1.29 is 18.9 Å².